The topological polar surface area (TPSA) is 43.6 Å². The van der Waals surface area contributed by atoms with Crippen LogP contribution in [0.25, 0.3) is 10.2 Å². The van der Waals surface area contributed by atoms with Gasteiger partial charge in [-0.2, -0.15) is 4.99 Å². The number of methoxy groups -OCH3 is 1. The normalized spacial score (nSPS) is 12.1. The van der Waals surface area contributed by atoms with Crippen LogP contribution < -0.4 is 4.80 Å². The molecule has 0 aliphatic heterocycles. The maximum Gasteiger partial charge on any atom is 0.279 e. The molecule has 0 aliphatic carbocycles. The third kappa shape index (κ3) is 3.64. The molecule has 0 spiro atoms. The van der Waals surface area contributed by atoms with E-state index in [1.165, 1.54) is 35.9 Å². The summed E-state index contributed by atoms with van der Waals surface area (Å²) in [5, 5.41) is 0. The summed E-state index contributed by atoms with van der Waals surface area (Å²) in [7, 11) is 1.49. The number of ether oxygens (including phenoxy) is 1. The highest BCUT2D eigenvalue weighted by atomic mass is 32.1. The summed E-state index contributed by atoms with van der Waals surface area (Å²) < 4.78 is 47.7. The number of fused-ring (bicyclic) bond motifs is 1. The van der Waals surface area contributed by atoms with E-state index in [1.54, 1.807) is 0 Å². The van der Waals surface area contributed by atoms with Gasteiger partial charge in [-0.25, -0.2) is 13.2 Å². The average Bonchev–Trinajstić information content (AvgIpc) is 2.90. The molecule has 0 saturated carbocycles. The molecule has 25 heavy (non-hydrogen) atoms. The number of carbonyl (C=O) groups is 1. The molecule has 2 aromatic carbocycles. The molecule has 8 heteroatoms. The van der Waals surface area contributed by atoms with E-state index in [4.69, 9.17) is 4.74 Å². The van der Waals surface area contributed by atoms with Crippen molar-refractivity contribution >= 4 is 27.5 Å². The molecule has 0 fully saturated rings. The van der Waals surface area contributed by atoms with E-state index in [9.17, 15) is 18.0 Å². The minimum Gasteiger partial charge on any atom is -0.383 e. The summed E-state index contributed by atoms with van der Waals surface area (Å²) in [4.78, 5) is 16.4. The zero-order valence-corrected chi connectivity index (χ0v) is 13.9. The summed E-state index contributed by atoms with van der Waals surface area (Å²) in [5.74, 6) is -2.69. The molecular weight excluding hydrogens is 353 g/mol. The number of hydrogen-bond acceptors (Lipinski definition) is 3. The van der Waals surface area contributed by atoms with Crippen molar-refractivity contribution in [1.82, 2.24) is 4.57 Å². The first-order valence-electron chi connectivity index (χ1n) is 7.31. The van der Waals surface area contributed by atoms with Crippen molar-refractivity contribution < 1.29 is 22.7 Å². The highest BCUT2D eigenvalue weighted by Crippen LogP contribution is 2.22. The highest BCUT2D eigenvalue weighted by molar-refractivity contribution is 7.16. The van der Waals surface area contributed by atoms with Crippen LogP contribution in [0.1, 0.15) is 10.4 Å². The largest absolute Gasteiger partial charge is 0.383 e. The fourth-order valence-electron chi connectivity index (χ4n) is 2.38. The third-order valence-electron chi connectivity index (χ3n) is 3.48. The first kappa shape index (κ1) is 17.4. The van der Waals surface area contributed by atoms with Gasteiger partial charge in [-0.1, -0.05) is 17.4 Å². The summed E-state index contributed by atoms with van der Waals surface area (Å²) in [5.41, 5.74) is 0.219. The molecule has 0 bridgehead atoms. The van der Waals surface area contributed by atoms with Crippen LogP contribution in [-0.2, 0) is 11.3 Å². The second kappa shape index (κ2) is 7.20. The van der Waals surface area contributed by atoms with Gasteiger partial charge in [0.25, 0.3) is 5.91 Å². The molecule has 1 aromatic heterocycles. The molecule has 0 N–H and O–H groups in total. The van der Waals surface area contributed by atoms with Crippen molar-refractivity contribution in [1.29, 1.82) is 0 Å². The van der Waals surface area contributed by atoms with Crippen molar-refractivity contribution in [2.75, 3.05) is 13.7 Å². The Morgan fingerprint density at radius 1 is 1.20 bits per heavy atom. The predicted octanol–water partition coefficient (Wildman–Crippen LogP) is 3.51. The fraction of sp³-hybridized carbons (Fsp3) is 0.176. The lowest BCUT2D eigenvalue weighted by Crippen LogP contribution is -2.20. The minimum atomic E-state index is -0.748. The molecule has 1 heterocycles. The summed E-state index contributed by atoms with van der Waals surface area (Å²) in [6.45, 7) is 0.484. The standard InChI is InChI=1S/C17H13F3N2O2S/c1-24-6-5-22-15-13(20)8-12(19)9-14(15)25-17(22)21-16(23)10-3-2-4-11(18)7-10/h2-4,7-9H,5-6H2,1H3. The number of rotatable bonds is 4. The van der Waals surface area contributed by atoms with E-state index in [0.29, 0.717) is 4.70 Å². The number of aromatic nitrogens is 1. The Morgan fingerprint density at radius 2 is 2.00 bits per heavy atom. The van der Waals surface area contributed by atoms with Crippen LogP contribution >= 0.6 is 11.3 Å². The van der Waals surface area contributed by atoms with E-state index >= 15 is 0 Å². The maximum atomic E-state index is 14.2. The van der Waals surface area contributed by atoms with Crippen molar-refractivity contribution in [3.8, 4) is 0 Å². The number of nitrogens with zero attached hydrogens (tertiary/aromatic N) is 2. The number of amides is 1. The fourth-order valence-corrected chi connectivity index (χ4v) is 3.47. The van der Waals surface area contributed by atoms with E-state index in [2.05, 4.69) is 4.99 Å². The van der Waals surface area contributed by atoms with Crippen LogP contribution in [0.4, 0.5) is 13.2 Å². The third-order valence-corrected chi connectivity index (χ3v) is 4.51. The number of carbonyl (C=O) groups excluding carboxylic acids is 1. The first-order chi connectivity index (χ1) is 12.0. The molecule has 0 saturated heterocycles. The second-order valence-electron chi connectivity index (χ2n) is 5.19. The van der Waals surface area contributed by atoms with Gasteiger partial charge in [0.2, 0.25) is 0 Å². The van der Waals surface area contributed by atoms with Gasteiger partial charge in [-0.05, 0) is 24.3 Å². The van der Waals surface area contributed by atoms with Crippen LogP contribution in [0.5, 0.6) is 0 Å². The quantitative estimate of drug-likeness (QED) is 0.709. The Labute approximate surface area is 144 Å². The van der Waals surface area contributed by atoms with E-state index in [0.717, 1.165) is 23.5 Å². The molecule has 1 amide bonds. The smallest absolute Gasteiger partial charge is 0.279 e. The molecule has 3 aromatic rings. The molecule has 3 rings (SSSR count). The SMILES string of the molecule is COCCn1c(=NC(=O)c2cccc(F)c2)sc2cc(F)cc(F)c21. The van der Waals surface area contributed by atoms with Gasteiger partial charge in [0, 0.05) is 25.3 Å². The lowest BCUT2D eigenvalue weighted by Gasteiger charge is -2.05. The Hall–Kier alpha value is -2.45. The van der Waals surface area contributed by atoms with Crippen LogP contribution in [0.3, 0.4) is 0 Å². The molecule has 0 aliphatic rings. The van der Waals surface area contributed by atoms with Gasteiger partial charge in [0.05, 0.1) is 16.8 Å². The van der Waals surface area contributed by atoms with Gasteiger partial charge in [-0.3, -0.25) is 4.79 Å². The van der Waals surface area contributed by atoms with E-state index < -0.39 is 23.4 Å². The monoisotopic (exact) mass is 366 g/mol. The zero-order chi connectivity index (χ0) is 18.0. The number of thiazole rings is 1. The molecule has 0 radical (unpaired) electrons. The number of halogens is 3. The number of benzene rings is 2. The molecule has 130 valence electrons. The van der Waals surface area contributed by atoms with Gasteiger partial charge in [0.1, 0.15) is 11.6 Å². The van der Waals surface area contributed by atoms with E-state index in [-0.39, 0.29) is 29.0 Å². The summed E-state index contributed by atoms with van der Waals surface area (Å²) in [6.07, 6.45) is 0. The van der Waals surface area contributed by atoms with E-state index in [1.807, 2.05) is 0 Å². The zero-order valence-electron chi connectivity index (χ0n) is 13.1. The Bertz CT molecular complexity index is 1010. The Balaban J connectivity index is 2.17. The summed E-state index contributed by atoms with van der Waals surface area (Å²) in [6, 6.07) is 7.07. The predicted molar refractivity (Wildman–Crippen MR) is 87.9 cm³/mol. The highest BCUT2D eigenvalue weighted by Gasteiger charge is 2.14. The second-order valence-corrected chi connectivity index (χ2v) is 6.20. The van der Waals surface area contributed by atoms with Gasteiger partial charge < -0.3 is 9.30 Å². The molecule has 0 atom stereocenters. The van der Waals surface area contributed by atoms with Crippen LogP contribution in [-0.4, -0.2) is 24.2 Å². The van der Waals surface area contributed by atoms with Crippen molar-refractivity contribution in [3.63, 3.8) is 0 Å². The average molecular weight is 366 g/mol. The lowest BCUT2D eigenvalue weighted by molar-refractivity contribution is 0.0997. The molecule has 4 nitrogen and oxygen atoms in total. The lowest BCUT2D eigenvalue weighted by atomic mass is 10.2. The minimum absolute atomic E-state index is 0.0717. The Morgan fingerprint density at radius 3 is 2.72 bits per heavy atom. The summed E-state index contributed by atoms with van der Waals surface area (Å²) >= 11 is 0.976. The molecular formula is C17H13F3N2O2S. The van der Waals surface area contributed by atoms with Crippen molar-refractivity contribution in [2.45, 2.75) is 6.54 Å². The van der Waals surface area contributed by atoms with Crippen molar-refractivity contribution in [2.24, 2.45) is 4.99 Å². The molecule has 0 unspecified atom stereocenters. The van der Waals surface area contributed by atoms with Crippen molar-refractivity contribution in [3.05, 3.63) is 64.2 Å². The van der Waals surface area contributed by atoms with Crippen LogP contribution in [0, 0.1) is 17.5 Å². The van der Waals surface area contributed by atoms with Gasteiger partial charge in [-0.15, -0.1) is 0 Å². The Kier molecular flexibility index (Phi) is 5.00. The maximum absolute atomic E-state index is 14.2. The van der Waals surface area contributed by atoms with Crippen LogP contribution in [0.15, 0.2) is 41.4 Å². The van der Waals surface area contributed by atoms with Gasteiger partial charge in [0.15, 0.2) is 10.6 Å². The number of hydrogen-bond donors (Lipinski definition) is 0. The van der Waals surface area contributed by atoms with Gasteiger partial charge >= 0.3 is 0 Å². The first-order valence-corrected chi connectivity index (χ1v) is 8.13. The van der Waals surface area contributed by atoms with Crippen LogP contribution in [0.2, 0.25) is 0 Å².